The maximum absolute atomic E-state index is 11.2. The number of hydrogen-bond acceptors (Lipinski definition) is 2. The lowest BCUT2D eigenvalue weighted by Gasteiger charge is -2.16. The van der Waals surface area contributed by atoms with Crippen molar-refractivity contribution in [1.82, 2.24) is 10.2 Å². The Labute approximate surface area is 78.3 Å². The Hall–Kier alpha value is -1.26. The summed E-state index contributed by atoms with van der Waals surface area (Å²) in [5, 5.41) is 2.69. The molecule has 5 heteroatoms. The van der Waals surface area contributed by atoms with Gasteiger partial charge in [0.05, 0.1) is 0 Å². The molecule has 0 saturated heterocycles. The third kappa shape index (κ3) is 5.95. The number of rotatable bonds is 5. The standard InChI is InChI=1S/C8H17N3O2/c1-3-5-10-8(13)11(2)6-4-7(9)12/h3-6H2,1-2H3,(H2,9,12)(H,10,13). The second-order valence-electron chi connectivity index (χ2n) is 2.87. The average molecular weight is 187 g/mol. The molecule has 0 aromatic heterocycles. The van der Waals surface area contributed by atoms with Gasteiger partial charge >= 0.3 is 6.03 Å². The van der Waals surface area contributed by atoms with Crippen LogP contribution in [-0.4, -0.2) is 37.0 Å². The Morgan fingerprint density at radius 2 is 2.08 bits per heavy atom. The van der Waals surface area contributed by atoms with Crippen molar-refractivity contribution in [3.8, 4) is 0 Å². The van der Waals surface area contributed by atoms with Crippen molar-refractivity contribution >= 4 is 11.9 Å². The molecular weight excluding hydrogens is 170 g/mol. The molecule has 0 rings (SSSR count). The van der Waals surface area contributed by atoms with Crippen LogP contribution in [-0.2, 0) is 4.79 Å². The minimum atomic E-state index is -0.393. The minimum Gasteiger partial charge on any atom is -0.370 e. The smallest absolute Gasteiger partial charge is 0.317 e. The summed E-state index contributed by atoms with van der Waals surface area (Å²) in [6, 6.07) is -0.164. The Balaban J connectivity index is 3.62. The summed E-state index contributed by atoms with van der Waals surface area (Å²) in [6.07, 6.45) is 1.10. The summed E-state index contributed by atoms with van der Waals surface area (Å²) in [4.78, 5) is 23.0. The van der Waals surface area contributed by atoms with Crippen molar-refractivity contribution in [2.45, 2.75) is 19.8 Å². The second-order valence-corrected chi connectivity index (χ2v) is 2.87. The van der Waals surface area contributed by atoms with Crippen molar-refractivity contribution in [2.24, 2.45) is 5.73 Å². The first-order valence-corrected chi connectivity index (χ1v) is 4.35. The van der Waals surface area contributed by atoms with Gasteiger partial charge in [0, 0.05) is 26.6 Å². The number of hydrogen-bond donors (Lipinski definition) is 2. The molecule has 0 aliphatic heterocycles. The van der Waals surface area contributed by atoms with Gasteiger partial charge in [-0.25, -0.2) is 4.79 Å². The van der Waals surface area contributed by atoms with E-state index in [1.807, 2.05) is 6.92 Å². The Kier molecular flexibility index (Phi) is 5.67. The van der Waals surface area contributed by atoms with Crippen molar-refractivity contribution in [1.29, 1.82) is 0 Å². The van der Waals surface area contributed by atoms with E-state index in [9.17, 15) is 9.59 Å². The maximum atomic E-state index is 11.2. The molecule has 0 atom stereocenters. The highest BCUT2D eigenvalue weighted by Crippen LogP contribution is 1.87. The van der Waals surface area contributed by atoms with Crippen LogP contribution < -0.4 is 11.1 Å². The predicted octanol–water partition coefficient (Wildman–Crippen LogP) is -0.0868. The zero-order valence-corrected chi connectivity index (χ0v) is 8.17. The number of carbonyl (C=O) groups excluding carboxylic acids is 2. The van der Waals surface area contributed by atoms with Crippen LogP contribution in [0.2, 0.25) is 0 Å². The summed E-state index contributed by atoms with van der Waals surface area (Å²) in [7, 11) is 1.63. The maximum Gasteiger partial charge on any atom is 0.317 e. The topological polar surface area (TPSA) is 75.4 Å². The van der Waals surface area contributed by atoms with Crippen molar-refractivity contribution in [3.05, 3.63) is 0 Å². The first kappa shape index (κ1) is 11.7. The van der Waals surface area contributed by atoms with Crippen LogP contribution in [0.3, 0.4) is 0 Å². The van der Waals surface area contributed by atoms with E-state index >= 15 is 0 Å². The van der Waals surface area contributed by atoms with Crippen LogP contribution in [0, 0.1) is 0 Å². The largest absolute Gasteiger partial charge is 0.370 e. The van der Waals surface area contributed by atoms with E-state index in [4.69, 9.17) is 5.73 Å². The van der Waals surface area contributed by atoms with Gasteiger partial charge in [-0.3, -0.25) is 4.79 Å². The third-order valence-electron chi connectivity index (χ3n) is 1.57. The lowest BCUT2D eigenvalue weighted by atomic mass is 10.4. The van der Waals surface area contributed by atoms with Gasteiger partial charge in [-0.1, -0.05) is 6.92 Å². The zero-order valence-electron chi connectivity index (χ0n) is 8.17. The number of amides is 3. The Bertz CT molecular complexity index is 182. The van der Waals surface area contributed by atoms with Gasteiger partial charge in [0.1, 0.15) is 0 Å². The zero-order chi connectivity index (χ0) is 10.3. The van der Waals surface area contributed by atoms with Gasteiger partial charge in [0.15, 0.2) is 0 Å². The predicted molar refractivity (Wildman–Crippen MR) is 50.1 cm³/mol. The van der Waals surface area contributed by atoms with Crippen molar-refractivity contribution in [2.75, 3.05) is 20.1 Å². The molecule has 0 radical (unpaired) electrons. The van der Waals surface area contributed by atoms with E-state index in [2.05, 4.69) is 5.32 Å². The molecule has 0 aromatic carbocycles. The number of urea groups is 1. The van der Waals surface area contributed by atoms with Crippen molar-refractivity contribution < 1.29 is 9.59 Å². The molecule has 76 valence electrons. The van der Waals surface area contributed by atoms with Gasteiger partial charge in [-0.05, 0) is 6.42 Å². The summed E-state index contributed by atoms with van der Waals surface area (Å²) >= 11 is 0. The summed E-state index contributed by atoms with van der Waals surface area (Å²) in [5.74, 6) is -0.393. The molecular formula is C8H17N3O2. The molecule has 0 fully saturated rings. The molecule has 0 spiro atoms. The molecule has 0 aliphatic rings. The molecule has 3 N–H and O–H groups in total. The summed E-state index contributed by atoms with van der Waals surface area (Å²) in [6.45, 7) is 2.99. The van der Waals surface area contributed by atoms with Crippen molar-refractivity contribution in [3.63, 3.8) is 0 Å². The summed E-state index contributed by atoms with van der Waals surface area (Å²) in [5.41, 5.74) is 4.94. The fraction of sp³-hybridized carbons (Fsp3) is 0.750. The molecule has 0 unspecified atom stereocenters. The van der Waals surface area contributed by atoms with E-state index in [0.29, 0.717) is 13.1 Å². The molecule has 3 amide bonds. The highest BCUT2D eigenvalue weighted by molar-refractivity contribution is 5.76. The first-order chi connectivity index (χ1) is 6.07. The normalized spacial score (nSPS) is 9.38. The second kappa shape index (κ2) is 6.28. The molecule has 0 bridgehead atoms. The number of nitrogens with zero attached hydrogens (tertiary/aromatic N) is 1. The lowest BCUT2D eigenvalue weighted by Crippen LogP contribution is -2.39. The van der Waals surface area contributed by atoms with Gasteiger partial charge in [0.25, 0.3) is 0 Å². The fourth-order valence-electron chi connectivity index (χ4n) is 0.746. The van der Waals surface area contributed by atoms with Crippen LogP contribution in [0.15, 0.2) is 0 Å². The molecule has 0 saturated carbocycles. The number of carbonyl (C=O) groups is 2. The van der Waals surface area contributed by atoms with E-state index in [1.165, 1.54) is 4.90 Å². The van der Waals surface area contributed by atoms with E-state index in [0.717, 1.165) is 6.42 Å². The number of nitrogens with two attached hydrogens (primary N) is 1. The fourth-order valence-corrected chi connectivity index (χ4v) is 0.746. The Morgan fingerprint density at radius 1 is 1.46 bits per heavy atom. The molecule has 0 heterocycles. The first-order valence-electron chi connectivity index (χ1n) is 4.35. The van der Waals surface area contributed by atoms with Gasteiger partial charge in [-0.2, -0.15) is 0 Å². The van der Waals surface area contributed by atoms with Gasteiger partial charge in [0.2, 0.25) is 5.91 Å². The Morgan fingerprint density at radius 3 is 2.54 bits per heavy atom. The molecule has 0 aliphatic carbocycles. The van der Waals surface area contributed by atoms with Crippen LogP contribution in [0.4, 0.5) is 4.79 Å². The minimum absolute atomic E-state index is 0.164. The molecule has 13 heavy (non-hydrogen) atoms. The van der Waals surface area contributed by atoms with E-state index in [-0.39, 0.29) is 12.5 Å². The van der Waals surface area contributed by atoms with E-state index in [1.54, 1.807) is 7.05 Å². The highest BCUT2D eigenvalue weighted by Gasteiger charge is 2.07. The molecule has 5 nitrogen and oxygen atoms in total. The van der Waals surface area contributed by atoms with Gasteiger partial charge < -0.3 is 16.0 Å². The quantitative estimate of drug-likeness (QED) is 0.631. The SMILES string of the molecule is CCCNC(=O)N(C)CCC(N)=O. The van der Waals surface area contributed by atoms with Gasteiger partial charge in [-0.15, -0.1) is 0 Å². The summed E-state index contributed by atoms with van der Waals surface area (Å²) < 4.78 is 0. The number of nitrogens with one attached hydrogen (secondary N) is 1. The van der Waals surface area contributed by atoms with Crippen LogP contribution >= 0.6 is 0 Å². The third-order valence-corrected chi connectivity index (χ3v) is 1.57. The highest BCUT2D eigenvalue weighted by atomic mass is 16.2. The monoisotopic (exact) mass is 187 g/mol. The number of primary amides is 1. The van der Waals surface area contributed by atoms with Crippen LogP contribution in [0.1, 0.15) is 19.8 Å². The average Bonchev–Trinajstić information content (AvgIpc) is 2.10. The molecule has 0 aromatic rings. The van der Waals surface area contributed by atoms with Crippen LogP contribution in [0.25, 0.3) is 0 Å². The van der Waals surface area contributed by atoms with Crippen LogP contribution in [0.5, 0.6) is 0 Å². The van der Waals surface area contributed by atoms with E-state index < -0.39 is 5.91 Å². The lowest BCUT2D eigenvalue weighted by molar-refractivity contribution is -0.118.